The van der Waals surface area contributed by atoms with Gasteiger partial charge in [0.05, 0.1) is 17.5 Å². The van der Waals surface area contributed by atoms with Crippen molar-refractivity contribution in [2.75, 3.05) is 11.1 Å². The van der Waals surface area contributed by atoms with Gasteiger partial charge in [0, 0.05) is 6.04 Å². The summed E-state index contributed by atoms with van der Waals surface area (Å²) in [6.45, 7) is 8.74. The SMILES string of the molecule is CC(C)Oc1cccc(NC2CCC(C)(C)CC2)c1N. The molecule has 1 saturated carbocycles. The average Bonchev–Trinajstić information content (AvgIpc) is 2.36. The lowest BCUT2D eigenvalue weighted by molar-refractivity contribution is 0.232. The molecule has 1 aromatic rings. The minimum Gasteiger partial charge on any atom is -0.489 e. The van der Waals surface area contributed by atoms with Gasteiger partial charge < -0.3 is 15.8 Å². The third-order valence-electron chi connectivity index (χ3n) is 4.13. The Morgan fingerprint density at radius 2 is 1.90 bits per heavy atom. The molecule has 0 atom stereocenters. The fraction of sp³-hybridized carbons (Fsp3) is 0.647. The zero-order chi connectivity index (χ0) is 14.8. The first kappa shape index (κ1) is 15.0. The Labute approximate surface area is 122 Å². The summed E-state index contributed by atoms with van der Waals surface area (Å²) < 4.78 is 5.74. The van der Waals surface area contributed by atoms with Gasteiger partial charge >= 0.3 is 0 Å². The van der Waals surface area contributed by atoms with E-state index in [4.69, 9.17) is 10.5 Å². The fourth-order valence-electron chi connectivity index (χ4n) is 2.79. The van der Waals surface area contributed by atoms with Crippen molar-refractivity contribution in [1.82, 2.24) is 0 Å². The smallest absolute Gasteiger partial charge is 0.144 e. The summed E-state index contributed by atoms with van der Waals surface area (Å²) in [6, 6.07) is 6.51. The highest BCUT2D eigenvalue weighted by atomic mass is 16.5. The highest BCUT2D eigenvalue weighted by Crippen LogP contribution is 2.37. The fourth-order valence-corrected chi connectivity index (χ4v) is 2.79. The van der Waals surface area contributed by atoms with Crippen LogP contribution in [0.5, 0.6) is 5.75 Å². The van der Waals surface area contributed by atoms with Crippen LogP contribution in [0.3, 0.4) is 0 Å². The first-order valence-electron chi connectivity index (χ1n) is 7.69. The van der Waals surface area contributed by atoms with Gasteiger partial charge in [0.1, 0.15) is 5.75 Å². The standard InChI is InChI=1S/C17H28N2O/c1-12(2)20-15-7-5-6-14(16(15)18)19-13-8-10-17(3,4)11-9-13/h5-7,12-13,19H,8-11,18H2,1-4H3. The van der Waals surface area contributed by atoms with Crippen molar-refractivity contribution in [1.29, 1.82) is 0 Å². The number of nitrogens with two attached hydrogens (primary N) is 1. The highest BCUT2D eigenvalue weighted by Gasteiger charge is 2.27. The molecule has 0 unspecified atom stereocenters. The van der Waals surface area contributed by atoms with Crippen LogP contribution < -0.4 is 15.8 Å². The maximum Gasteiger partial charge on any atom is 0.144 e. The molecular formula is C17H28N2O. The van der Waals surface area contributed by atoms with E-state index in [1.54, 1.807) is 0 Å². The third kappa shape index (κ3) is 3.81. The second-order valence-electron chi connectivity index (χ2n) is 6.97. The van der Waals surface area contributed by atoms with E-state index in [-0.39, 0.29) is 6.10 Å². The molecule has 0 saturated heterocycles. The lowest BCUT2D eigenvalue weighted by Crippen LogP contribution is -2.30. The van der Waals surface area contributed by atoms with Gasteiger partial charge in [0.25, 0.3) is 0 Å². The topological polar surface area (TPSA) is 47.3 Å². The largest absolute Gasteiger partial charge is 0.489 e. The normalized spacial score (nSPS) is 19.1. The third-order valence-corrected chi connectivity index (χ3v) is 4.13. The summed E-state index contributed by atoms with van der Waals surface area (Å²) >= 11 is 0. The van der Waals surface area contributed by atoms with Crippen molar-refractivity contribution in [2.45, 2.75) is 65.5 Å². The van der Waals surface area contributed by atoms with Gasteiger partial charge in [0.15, 0.2) is 0 Å². The van der Waals surface area contributed by atoms with Crippen LogP contribution in [0.1, 0.15) is 53.4 Å². The van der Waals surface area contributed by atoms with Gasteiger partial charge in [0.2, 0.25) is 0 Å². The molecule has 2 rings (SSSR count). The minimum atomic E-state index is 0.142. The summed E-state index contributed by atoms with van der Waals surface area (Å²) in [5, 5.41) is 3.60. The van der Waals surface area contributed by atoms with E-state index in [2.05, 4.69) is 19.2 Å². The molecule has 1 aromatic carbocycles. The van der Waals surface area contributed by atoms with Gasteiger partial charge in [-0.2, -0.15) is 0 Å². The molecule has 3 N–H and O–H groups in total. The molecule has 0 aliphatic heterocycles. The molecule has 20 heavy (non-hydrogen) atoms. The molecule has 0 heterocycles. The van der Waals surface area contributed by atoms with E-state index in [1.807, 2.05) is 32.0 Å². The van der Waals surface area contributed by atoms with Crippen LogP contribution in [0.25, 0.3) is 0 Å². The van der Waals surface area contributed by atoms with E-state index in [0.717, 1.165) is 17.1 Å². The van der Waals surface area contributed by atoms with E-state index in [9.17, 15) is 0 Å². The summed E-state index contributed by atoms with van der Waals surface area (Å²) in [4.78, 5) is 0. The molecule has 1 aliphatic rings. The van der Waals surface area contributed by atoms with E-state index in [1.165, 1.54) is 25.7 Å². The molecule has 1 aliphatic carbocycles. The molecular weight excluding hydrogens is 248 g/mol. The minimum absolute atomic E-state index is 0.142. The van der Waals surface area contributed by atoms with Crippen LogP contribution in [-0.2, 0) is 0 Å². The predicted octanol–water partition coefficient (Wildman–Crippen LogP) is 4.44. The zero-order valence-electron chi connectivity index (χ0n) is 13.2. The van der Waals surface area contributed by atoms with Crippen molar-refractivity contribution in [2.24, 2.45) is 5.41 Å². The summed E-state index contributed by atoms with van der Waals surface area (Å²) in [6.07, 6.45) is 5.10. The van der Waals surface area contributed by atoms with Gasteiger partial charge in [-0.05, 0) is 57.1 Å². The highest BCUT2D eigenvalue weighted by molar-refractivity contribution is 5.73. The van der Waals surface area contributed by atoms with E-state index >= 15 is 0 Å². The Morgan fingerprint density at radius 3 is 2.50 bits per heavy atom. The number of nitrogen functional groups attached to an aromatic ring is 1. The lowest BCUT2D eigenvalue weighted by Gasteiger charge is -2.35. The first-order chi connectivity index (χ1) is 9.37. The number of hydrogen-bond donors (Lipinski definition) is 2. The molecule has 112 valence electrons. The molecule has 0 aromatic heterocycles. The summed E-state index contributed by atoms with van der Waals surface area (Å²) in [5.74, 6) is 0.779. The summed E-state index contributed by atoms with van der Waals surface area (Å²) in [7, 11) is 0. The molecule has 3 heteroatoms. The second-order valence-corrected chi connectivity index (χ2v) is 6.97. The number of nitrogens with one attached hydrogen (secondary N) is 1. The Morgan fingerprint density at radius 1 is 1.25 bits per heavy atom. The van der Waals surface area contributed by atoms with Crippen LogP contribution in [-0.4, -0.2) is 12.1 Å². The predicted molar refractivity (Wildman–Crippen MR) is 86.3 cm³/mol. The molecule has 0 radical (unpaired) electrons. The number of rotatable bonds is 4. The lowest BCUT2D eigenvalue weighted by atomic mass is 9.75. The summed E-state index contributed by atoms with van der Waals surface area (Å²) in [5.41, 5.74) is 8.44. The number of anilines is 2. The number of hydrogen-bond acceptors (Lipinski definition) is 3. The Balaban J connectivity index is 2.03. The molecule has 0 spiro atoms. The maximum absolute atomic E-state index is 6.21. The number of benzene rings is 1. The first-order valence-corrected chi connectivity index (χ1v) is 7.69. The number of para-hydroxylation sites is 1. The number of ether oxygens (including phenoxy) is 1. The van der Waals surface area contributed by atoms with Crippen molar-refractivity contribution in [3.05, 3.63) is 18.2 Å². The van der Waals surface area contributed by atoms with Gasteiger partial charge in [-0.15, -0.1) is 0 Å². The monoisotopic (exact) mass is 276 g/mol. The van der Waals surface area contributed by atoms with E-state index in [0.29, 0.717) is 11.5 Å². The van der Waals surface area contributed by atoms with Crippen LogP contribution in [0, 0.1) is 5.41 Å². The maximum atomic E-state index is 6.21. The molecule has 0 amide bonds. The van der Waals surface area contributed by atoms with Gasteiger partial charge in [-0.3, -0.25) is 0 Å². The van der Waals surface area contributed by atoms with Gasteiger partial charge in [-0.25, -0.2) is 0 Å². The van der Waals surface area contributed by atoms with Crippen molar-refractivity contribution >= 4 is 11.4 Å². The van der Waals surface area contributed by atoms with Crippen LogP contribution in [0.2, 0.25) is 0 Å². The molecule has 0 bridgehead atoms. The van der Waals surface area contributed by atoms with Crippen LogP contribution in [0.15, 0.2) is 18.2 Å². The quantitative estimate of drug-likeness (QED) is 0.799. The Bertz CT molecular complexity index is 444. The van der Waals surface area contributed by atoms with E-state index < -0.39 is 0 Å². The van der Waals surface area contributed by atoms with Crippen molar-refractivity contribution < 1.29 is 4.74 Å². The Kier molecular flexibility index (Phi) is 4.46. The van der Waals surface area contributed by atoms with Crippen molar-refractivity contribution in [3.63, 3.8) is 0 Å². The van der Waals surface area contributed by atoms with Gasteiger partial charge in [-0.1, -0.05) is 19.9 Å². The molecule has 3 nitrogen and oxygen atoms in total. The second kappa shape index (κ2) is 5.94. The average molecular weight is 276 g/mol. The van der Waals surface area contributed by atoms with Crippen LogP contribution in [0.4, 0.5) is 11.4 Å². The van der Waals surface area contributed by atoms with Crippen LogP contribution >= 0.6 is 0 Å². The zero-order valence-corrected chi connectivity index (χ0v) is 13.2. The Hall–Kier alpha value is -1.38. The van der Waals surface area contributed by atoms with Crippen molar-refractivity contribution in [3.8, 4) is 5.75 Å². The molecule has 1 fully saturated rings.